The van der Waals surface area contributed by atoms with Crippen molar-refractivity contribution in [3.63, 3.8) is 0 Å². The zero-order valence-corrected chi connectivity index (χ0v) is 32.4. The summed E-state index contributed by atoms with van der Waals surface area (Å²) in [5.41, 5.74) is 5.04. The van der Waals surface area contributed by atoms with Gasteiger partial charge in [-0.25, -0.2) is 9.37 Å². The van der Waals surface area contributed by atoms with E-state index >= 15 is 0 Å². The first-order valence-corrected chi connectivity index (χ1v) is 18.0. The van der Waals surface area contributed by atoms with Gasteiger partial charge in [0.1, 0.15) is 17.9 Å². The van der Waals surface area contributed by atoms with Gasteiger partial charge >= 0.3 is 0 Å². The third-order valence-corrected chi connectivity index (χ3v) is 8.01. The number of halogens is 1. The molecule has 0 amide bonds. The number of allylic oxidation sites excluding steroid dienone is 3. The number of aromatic nitrogens is 3. The molecule has 0 bridgehead atoms. The predicted octanol–water partition coefficient (Wildman–Crippen LogP) is 8.29. The van der Waals surface area contributed by atoms with Gasteiger partial charge in [-0.15, -0.1) is 0 Å². The molecule has 1 saturated heterocycles. The summed E-state index contributed by atoms with van der Waals surface area (Å²) in [7, 11) is 2.02. The number of aryl methyl sites for hydroxylation is 1. The highest BCUT2D eigenvalue weighted by Gasteiger charge is 2.21. The summed E-state index contributed by atoms with van der Waals surface area (Å²) in [6.07, 6.45) is 13.4. The van der Waals surface area contributed by atoms with Crippen LogP contribution in [0.3, 0.4) is 0 Å². The number of unbranched alkanes of at least 4 members (excludes halogenated alkanes) is 1. The van der Waals surface area contributed by atoms with E-state index in [0.717, 1.165) is 90.0 Å². The molecule has 3 heterocycles. The van der Waals surface area contributed by atoms with Crippen molar-refractivity contribution in [3.8, 4) is 11.8 Å². The lowest BCUT2D eigenvalue weighted by molar-refractivity contribution is -0.107. The number of aromatic amines is 1. The number of likely N-dealkylation sites (tertiary alicyclic amines) is 1. The fraction of sp³-hybridized carbons (Fsp3) is 0.500. The largest absolute Gasteiger partial charge is 0.378 e. The highest BCUT2D eigenvalue weighted by Crippen LogP contribution is 2.26. The molecule has 1 aliphatic rings. The minimum absolute atomic E-state index is 0.225. The Morgan fingerprint density at radius 2 is 1.84 bits per heavy atom. The molecule has 2 N–H and O–H groups in total. The van der Waals surface area contributed by atoms with Crippen LogP contribution in [0.4, 0.5) is 4.39 Å². The molecule has 1 unspecified atom stereocenters. The van der Waals surface area contributed by atoms with E-state index in [9.17, 15) is 9.18 Å². The Labute approximate surface area is 301 Å². The smallest absolute Gasteiger partial charge is 0.139 e. The van der Waals surface area contributed by atoms with Gasteiger partial charge in [0.2, 0.25) is 0 Å². The topological polar surface area (TPSA) is 89.7 Å². The minimum atomic E-state index is -0.225. The number of carbonyl (C=O) groups excluding carboxylic acids is 1. The number of hydrogen-bond acceptors (Lipinski definition) is 5. The fourth-order valence-corrected chi connectivity index (χ4v) is 4.84. The molecule has 274 valence electrons. The molecule has 3 aromatic rings. The van der Waals surface area contributed by atoms with E-state index in [-0.39, 0.29) is 5.82 Å². The van der Waals surface area contributed by atoms with Crippen LogP contribution in [0.2, 0.25) is 0 Å². The first-order chi connectivity index (χ1) is 23.7. The van der Waals surface area contributed by atoms with Gasteiger partial charge in [-0.05, 0) is 74.8 Å². The van der Waals surface area contributed by atoms with Crippen LogP contribution in [-0.2, 0) is 4.79 Å². The summed E-state index contributed by atoms with van der Waals surface area (Å²) in [5, 5.41) is 12.9. The maximum atomic E-state index is 13.5. The van der Waals surface area contributed by atoms with Gasteiger partial charge < -0.3 is 24.6 Å². The molecule has 1 aliphatic heterocycles. The number of aldehydes is 1. The van der Waals surface area contributed by atoms with Crippen LogP contribution in [-0.4, -0.2) is 52.4 Å². The van der Waals surface area contributed by atoms with Crippen molar-refractivity contribution >= 4 is 30.7 Å². The maximum Gasteiger partial charge on any atom is 0.139 e. The van der Waals surface area contributed by atoms with Gasteiger partial charge in [-0.1, -0.05) is 93.2 Å². The van der Waals surface area contributed by atoms with Gasteiger partial charge in [0.15, 0.2) is 0 Å². The van der Waals surface area contributed by atoms with Crippen molar-refractivity contribution in [2.24, 2.45) is 23.7 Å². The first kappa shape index (κ1) is 43.8. The van der Waals surface area contributed by atoms with Crippen molar-refractivity contribution in [1.82, 2.24) is 24.8 Å². The Morgan fingerprint density at radius 1 is 1.18 bits per heavy atom. The van der Waals surface area contributed by atoms with E-state index in [2.05, 4.69) is 89.0 Å². The summed E-state index contributed by atoms with van der Waals surface area (Å²) in [4.78, 5) is 20.2. The lowest BCUT2D eigenvalue weighted by Gasteiger charge is -2.30. The van der Waals surface area contributed by atoms with Gasteiger partial charge in [-0.2, -0.15) is 5.26 Å². The number of hydrogen-bond donors (Lipinski definition) is 2. The summed E-state index contributed by atoms with van der Waals surface area (Å²) >= 11 is 0. The molecule has 2 aromatic heterocycles. The molecule has 7 nitrogen and oxygen atoms in total. The molecule has 0 aliphatic carbocycles. The number of benzene rings is 1. The minimum Gasteiger partial charge on any atom is -0.378 e. The normalized spacial score (nSPS) is 13.9. The first-order valence-electron chi connectivity index (χ1n) is 18.0. The van der Waals surface area contributed by atoms with E-state index in [1.807, 2.05) is 50.0 Å². The van der Waals surface area contributed by atoms with Crippen molar-refractivity contribution in [1.29, 1.82) is 5.26 Å². The zero-order valence-electron chi connectivity index (χ0n) is 32.4. The lowest BCUT2D eigenvalue weighted by atomic mass is 9.93. The van der Waals surface area contributed by atoms with Crippen LogP contribution in [0.1, 0.15) is 98.2 Å². The molecule has 1 atom stereocenters. The Balaban J connectivity index is 0.000000405. The molecule has 50 heavy (non-hydrogen) atoms. The molecule has 0 radical (unpaired) electrons. The molecule has 8 heteroatoms. The predicted molar refractivity (Wildman–Crippen MR) is 210 cm³/mol. The van der Waals surface area contributed by atoms with Crippen molar-refractivity contribution in [2.75, 3.05) is 26.7 Å². The zero-order chi connectivity index (χ0) is 37.8. The van der Waals surface area contributed by atoms with Crippen LogP contribution in [0.15, 0.2) is 48.8 Å². The van der Waals surface area contributed by atoms with Crippen LogP contribution < -0.4 is 15.9 Å². The average molecular weight is 687 g/mol. The van der Waals surface area contributed by atoms with E-state index in [1.54, 1.807) is 12.1 Å². The third-order valence-electron chi connectivity index (χ3n) is 8.01. The summed E-state index contributed by atoms with van der Waals surface area (Å²) < 4.78 is 15.5. The van der Waals surface area contributed by atoms with Gasteiger partial charge in [0.25, 0.3) is 0 Å². The molecule has 0 saturated carbocycles. The number of imidazole rings is 1. The van der Waals surface area contributed by atoms with Crippen LogP contribution >= 0.6 is 0 Å². The van der Waals surface area contributed by atoms with E-state index in [0.29, 0.717) is 24.3 Å². The average Bonchev–Trinajstić information content (AvgIpc) is 3.60. The number of nitrogens with zero attached hydrogens (tertiary/aromatic N) is 4. The molecule has 1 aromatic carbocycles. The molecule has 0 spiro atoms. The Kier molecular flexibility index (Phi) is 20.4. The lowest BCUT2D eigenvalue weighted by Crippen LogP contribution is -2.42. The van der Waals surface area contributed by atoms with Gasteiger partial charge in [-0.3, -0.25) is 0 Å². The second-order valence-electron chi connectivity index (χ2n) is 13.9. The molecule has 4 rings (SSSR count). The van der Waals surface area contributed by atoms with Gasteiger partial charge in [0, 0.05) is 53.0 Å². The highest BCUT2D eigenvalue weighted by molar-refractivity contribution is 5.67. The second kappa shape index (κ2) is 23.2. The molecular weight excluding hydrogens is 624 g/mol. The van der Waals surface area contributed by atoms with Crippen LogP contribution in [0.5, 0.6) is 0 Å². The maximum absolute atomic E-state index is 13.5. The number of carbonyl (C=O) groups is 1. The highest BCUT2D eigenvalue weighted by atomic mass is 19.1. The van der Waals surface area contributed by atoms with E-state index in [1.165, 1.54) is 11.6 Å². The third kappa shape index (κ3) is 15.6. The second-order valence-corrected chi connectivity index (χ2v) is 13.9. The Morgan fingerprint density at radius 3 is 2.30 bits per heavy atom. The monoisotopic (exact) mass is 687 g/mol. The van der Waals surface area contributed by atoms with Crippen molar-refractivity contribution < 1.29 is 9.18 Å². The summed E-state index contributed by atoms with van der Waals surface area (Å²) in [5.74, 6) is 2.93. The summed E-state index contributed by atoms with van der Waals surface area (Å²) in [6, 6.07) is 8.85. The molecular formula is C42H63FN6O. The standard InChI is InChI=1S/C21H29FN2.C12H16N2O.C5H8N2.C4H10/c1-6-7-9-18(12-16(4)15(2)3)21-14-24(17(5)23-21)20-11-8-10-19(22)13-20;1-4-5-12(13-6-7-15)11-8-14-10(3)9(11)2;1-7-3-5(2-6)4-7;1-4(2)3/h8,10-16H,6-7,9H2,1-5H3;5,7-8,13-14H,2-4,6H2,1H3;5H,3-4H2,1H3;4H,1-3H3/b18-12+;;;. The number of nitrogens with one attached hydrogen (secondary N) is 2. The Bertz CT molecular complexity index is 1630. The van der Waals surface area contributed by atoms with E-state index < -0.39 is 0 Å². The van der Waals surface area contributed by atoms with E-state index in [4.69, 9.17) is 10.2 Å². The number of H-pyrrole nitrogens is 1. The number of rotatable bonds is 12. The molecule has 1 fully saturated rings. The van der Waals surface area contributed by atoms with Crippen molar-refractivity contribution in [2.45, 2.75) is 88.0 Å². The van der Waals surface area contributed by atoms with Crippen molar-refractivity contribution in [3.05, 3.63) is 82.3 Å². The SMILES string of the molecule is C=c1[nH]cc(C(=CCC)NCC=O)c1=C.CC(C)C.CCCC/C(=C\C(C)C(C)C)c1cn(-c2cccc(F)c2)c(C)n1.CN1CC(C#N)C1. The Hall–Kier alpha value is -4.22. The van der Waals surface area contributed by atoms with Crippen LogP contribution in [0.25, 0.3) is 30.1 Å². The quantitative estimate of drug-likeness (QED) is 0.187. The van der Waals surface area contributed by atoms with Gasteiger partial charge in [0.05, 0.1) is 24.2 Å². The summed E-state index contributed by atoms with van der Waals surface area (Å²) in [6.45, 7) is 29.5. The van der Waals surface area contributed by atoms with Crippen LogP contribution in [0, 0.1) is 47.7 Å². The fourth-order valence-electron chi connectivity index (χ4n) is 4.84. The number of nitriles is 1.